The van der Waals surface area contributed by atoms with Gasteiger partial charge < -0.3 is 0 Å². The van der Waals surface area contributed by atoms with Gasteiger partial charge in [-0.2, -0.15) is 0 Å². The molecule has 0 aliphatic heterocycles. The molecule has 4 saturated carbocycles. The minimum Gasteiger partial charge on any atom is -0.106 e. The van der Waals surface area contributed by atoms with Crippen LogP contribution < -0.4 is 0 Å². The molecule has 0 nitrogen and oxygen atoms in total. The van der Waals surface area contributed by atoms with Crippen molar-refractivity contribution in [3.63, 3.8) is 0 Å². The SMILES string of the molecule is SSc1ccccc1C1C2CC3CC(C2)CC1C3. The van der Waals surface area contributed by atoms with Crippen LogP contribution >= 0.6 is 22.5 Å². The molecule has 0 spiro atoms. The average molecular weight is 276 g/mol. The van der Waals surface area contributed by atoms with Crippen LogP contribution in [0.25, 0.3) is 0 Å². The summed E-state index contributed by atoms with van der Waals surface area (Å²) in [5.74, 6) is 4.93. The van der Waals surface area contributed by atoms with E-state index in [4.69, 9.17) is 0 Å². The van der Waals surface area contributed by atoms with Crippen molar-refractivity contribution < 1.29 is 0 Å². The highest BCUT2D eigenvalue weighted by Crippen LogP contribution is 2.60. The van der Waals surface area contributed by atoms with Crippen molar-refractivity contribution in [3.05, 3.63) is 29.8 Å². The van der Waals surface area contributed by atoms with Gasteiger partial charge in [0, 0.05) is 4.90 Å². The van der Waals surface area contributed by atoms with Crippen LogP contribution in [0.5, 0.6) is 0 Å². The number of thiol groups is 1. The first-order valence-corrected chi connectivity index (χ1v) is 9.12. The lowest BCUT2D eigenvalue weighted by Crippen LogP contribution is -2.43. The van der Waals surface area contributed by atoms with Crippen molar-refractivity contribution in [2.24, 2.45) is 23.7 Å². The van der Waals surface area contributed by atoms with E-state index in [1.165, 1.54) is 30.6 Å². The van der Waals surface area contributed by atoms with Gasteiger partial charge in [0.15, 0.2) is 0 Å². The van der Waals surface area contributed by atoms with Gasteiger partial charge in [-0.15, -0.1) is 11.7 Å². The normalized spacial score (nSPS) is 41.3. The predicted molar refractivity (Wildman–Crippen MR) is 81.1 cm³/mol. The first-order chi connectivity index (χ1) is 8.85. The monoisotopic (exact) mass is 276 g/mol. The summed E-state index contributed by atoms with van der Waals surface area (Å²) in [5, 5.41) is 0. The van der Waals surface area contributed by atoms with Gasteiger partial charge in [0.25, 0.3) is 0 Å². The van der Waals surface area contributed by atoms with Gasteiger partial charge in [0.05, 0.1) is 0 Å². The molecule has 0 radical (unpaired) electrons. The smallest absolute Gasteiger partial charge is 0.0215 e. The zero-order valence-electron chi connectivity index (χ0n) is 10.6. The lowest BCUT2D eigenvalue weighted by molar-refractivity contribution is -0.00359. The van der Waals surface area contributed by atoms with Crippen molar-refractivity contribution in [3.8, 4) is 0 Å². The van der Waals surface area contributed by atoms with Crippen molar-refractivity contribution >= 4 is 22.5 Å². The van der Waals surface area contributed by atoms with E-state index in [0.29, 0.717) is 0 Å². The molecule has 0 atom stereocenters. The predicted octanol–water partition coefficient (Wildman–Crippen LogP) is 5.16. The van der Waals surface area contributed by atoms with E-state index < -0.39 is 0 Å². The maximum atomic E-state index is 4.45. The molecule has 0 unspecified atom stereocenters. The van der Waals surface area contributed by atoms with E-state index in [1.54, 1.807) is 22.8 Å². The molecular weight excluding hydrogens is 256 g/mol. The Kier molecular flexibility index (Phi) is 2.92. The quantitative estimate of drug-likeness (QED) is 0.575. The van der Waals surface area contributed by atoms with E-state index in [-0.39, 0.29) is 0 Å². The Bertz CT molecular complexity index is 426. The Morgan fingerprint density at radius 3 is 2.11 bits per heavy atom. The number of benzene rings is 1. The Morgan fingerprint density at radius 2 is 1.50 bits per heavy atom. The molecule has 0 saturated heterocycles. The van der Waals surface area contributed by atoms with Gasteiger partial charge in [-0.25, -0.2) is 0 Å². The van der Waals surface area contributed by atoms with Crippen molar-refractivity contribution in [2.45, 2.75) is 42.9 Å². The maximum absolute atomic E-state index is 4.45. The summed E-state index contributed by atoms with van der Waals surface area (Å²) in [6.45, 7) is 0. The highest BCUT2D eigenvalue weighted by Gasteiger charge is 2.48. The van der Waals surface area contributed by atoms with Crippen LogP contribution in [0.3, 0.4) is 0 Å². The third kappa shape index (κ3) is 1.76. The molecule has 0 aromatic heterocycles. The molecule has 1 aromatic rings. The van der Waals surface area contributed by atoms with E-state index in [0.717, 1.165) is 29.6 Å². The molecule has 5 rings (SSSR count). The van der Waals surface area contributed by atoms with E-state index >= 15 is 0 Å². The zero-order valence-corrected chi connectivity index (χ0v) is 12.3. The van der Waals surface area contributed by atoms with Crippen LogP contribution in [0.1, 0.15) is 43.6 Å². The number of hydrogen-bond acceptors (Lipinski definition) is 2. The van der Waals surface area contributed by atoms with E-state index in [9.17, 15) is 0 Å². The molecule has 18 heavy (non-hydrogen) atoms. The van der Waals surface area contributed by atoms with E-state index in [2.05, 4.69) is 35.9 Å². The lowest BCUT2D eigenvalue weighted by Gasteiger charge is -2.54. The standard InChI is InChI=1S/C16H20S2/c17-18-15-4-2-1-3-14(15)16-12-6-10-5-11(8-12)9-13(16)7-10/h1-4,10-13,16-17H,5-9H2. The summed E-state index contributed by atoms with van der Waals surface area (Å²) in [7, 11) is 1.63. The fraction of sp³-hybridized carbons (Fsp3) is 0.625. The number of hydrogen-bond donors (Lipinski definition) is 1. The van der Waals surface area contributed by atoms with Gasteiger partial charge in [-0.3, -0.25) is 0 Å². The molecule has 4 fully saturated rings. The highest BCUT2D eigenvalue weighted by molar-refractivity contribution is 8.68. The highest BCUT2D eigenvalue weighted by atomic mass is 33.1. The molecule has 0 heterocycles. The second-order valence-corrected chi connectivity index (χ2v) is 7.76. The summed E-state index contributed by atoms with van der Waals surface area (Å²) in [4.78, 5) is 1.40. The van der Waals surface area contributed by atoms with E-state index in [1.807, 2.05) is 0 Å². The first kappa shape index (κ1) is 11.7. The first-order valence-electron chi connectivity index (χ1n) is 7.25. The molecule has 1 aromatic carbocycles. The average Bonchev–Trinajstić information content (AvgIpc) is 2.38. The third-order valence-corrected chi connectivity index (χ3v) is 6.76. The molecular formula is C16H20S2. The lowest BCUT2D eigenvalue weighted by atomic mass is 9.51. The van der Waals surface area contributed by atoms with Crippen LogP contribution in [0.2, 0.25) is 0 Å². The van der Waals surface area contributed by atoms with Gasteiger partial charge >= 0.3 is 0 Å². The molecule has 4 aliphatic carbocycles. The van der Waals surface area contributed by atoms with Crippen LogP contribution in [0.15, 0.2) is 29.2 Å². The fourth-order valence-corrected chi connectivity index (χ4v) is 6.22. The van der Waals surface area contributed by atoms with Gasteiger partial charge in [0.1, 0.15) is 0 Å². The second kappa shape index (κ2) is 4.49. The Morgan fingerprint density at radius 1 is 0.889 bits per heavy atom. The van der Waals surface area contributed by atoms with Crippen LogP contribution in [0, 0.1) is 23.7 Å². The Balaban J connectivity index is 1.72. The Labute approximate surface area is 119 Å². The fourth-order valence-electron chi connectivity index (χ4n) is 5.27. The largest absolute Gasteiger partial charge is 0.106 e. The van der Waals surface area contributed by atoms with Crippen LogP contribution in [-0.4, -0.2) is 0 Å². The summed E-state index contributed by atoms with van der Waals surface area (Å²) in [5.41, 5.74) is 1.60. The summed E-state index contributed by atoms with van der Waals surface area (Å²) >= 11 is 4.45. The molecule has 96 valence electrons. The summed E-state index contributed by atoms with van der Waals surface area (Å²) in [6, 6.07) is 8.98. The van der Waals surface area contributed by atoms with Crippen LogP contribution in [0.4, 0.5) is 0 Å². The van der Waals surface area contributed by atoms with Crippen molar-refractivity contribution in [1.29, 1.82) is 0 Å². The topological polar surface area (TPSA) is 0 Å². The van der Waals surface area contributed by atoms with Gasteiger partial charge in [0.2, 0.25) is 0 Å². The molecule has 4 bridgehead atoms. The maximum Gasteiger partial charge on any atom is 0.0215 e. The Hall–Kier alpha value is -0.0800. The molecule has 2 heteroatoms. The minimum atomic E-state index is 0.841. The van der Waals surface area contributed by atoms with Crippen molar-refractivity contribution in [1.82, 2.24) is 0 Å². The molecule has 4 aliphatic rings. The zero-order chi connectivity index (χ0) is 12.1. The summed E-state index contributed by atoms with van der Waals surface area (Å²) < 4.78 is 0. The number of rotatable bonds is 2. The minimum absolute atomic E-state index is 0.841. The molecule has 0 N–H and O–H groups in total. The van der Waals surface area contributed by atoms with Crippen molar-refractivity contribution in [2.75, 3.05) is 0 Å². The van der Waals surface area contributed by atoms with Gasteiger partial charge in [-0.1, -0.05) is 29.0 Å². The molecule has 0 amide bonds. The van der Waals surface area contributed by atoms with Gasteiger partial charge in [-0.05, 0) is 73.3 Å². The van der Waals surface area contributed by atoms with Crippen LogP contribution in [-0.2, 0) is 0 Å². The summed E-state index contributed by atoms with van der Waals surface area (Å²) in [6.07, 6.45) is 7.56. The third-order valence-electron chi connectivity index (χ3n) is 5.60. The second-order valence-electron chi connectivity index (χ2n) is 6.59.